The Labute approximate surface area is 311 Å². The highest BCUT2D eigenvalue weighted by Gasteiger charge is 2.51. The third kappa shape index (κ3) is 10.1. The fourth-order valence-corrected chi connectivity index (χ4v) is 8.16. The van der Waals surface area contributed by atoms with E-state index in [0.29, 0.717) is 19.4 Å². The first-order valence-electron chi connectivity index (χ1n) is 17.7. The summed E-state index contributed by atoms with van der Waals surface area (Å²) in [6.07, 6.45) is 4.34. The molecule has 0 saturated carbocycles. The molecule has 52 heavy (non-hydrogen) atoms. The van der Waals surface area contributed by atoms with E-state index in [1.54, 1.807) is 21.3 Å². The van der Waals surface area contributed by atoms with Crippen LogP contribution in [0.3, 0.4) is 0 Å². The van der Waals surface area contributed by atoms with E-state index >= 15 is 0 Å². The third-order valence-corrected chi connectivity index (χ3v) is 10.9. The average Bonchev–Trinajstić information content (AvgIpc) is 3.49. The molecule has 280 valence electrons. The highest BCUT2D eigenvalue weighted by atomic mass is 31.2. The van der Waals surface area contributed by atoms with E-state index in [2.05, 4.69) is 56.5 Å². The van der Waals surface area contributed by atoms with Crippen molar-refractivity contribution in [1.82, 2.24) is 4.67 Å². The SMILES string of the molecule is C#CCCCO[C@@H]1[C@@H](OC)O[C@@H](COC(c2ccccc2)(c2ccc(OC)cc2)c2ccc(OC)cc2)[C@@H]1OP(OCCC#N)N(C(C)C)C(C)C. The van der Waals surface area contributed by atoms with Gasteiger partial charge in [0, 0.05) is 32.2 Å². The molecule has 0 radical (unpaired) electrons. The van der Waals surface area contributed by atoms with Gasteiger partial charge in [-0.1, -0.05) is 54.6 Å². The summed E-state index contributed by atoms with van der Waals surface area (Å²) in [5.74, 6) is 4.13. The molecule has 1 saturated heterocycles. The number of ether oxygens (including phenoxy) is 6. The summed E-state index contributed by atoms with van der Waals surface area (Å²) >= 11 is 0. The van der Waals surface area contributed by atoms with Gasteiger partial charge in [0.25, 0.3) is 8.53 Å². The second kappa shape index (κ2) is 20.6. The molecule has 0 aromatic heterocycles. The molecule has 5 atom stereocenters. The maximum absolute atomic E-state index is 9.32. The van der Waals surface area contributed by atoms with E-state index < -0.39 is 38.7 Å². The molecule has 1 fully saturated rings. The molecule has 1 heterocycles. The van der Waals surface area contributed by atoms with Gasteiger partial charge < -0.3 is 37.5 Å². The first-order chi connectivity index (χ1) is 25.2. The van der Waals surface area contributed by atoms with Crippen molar-refractivity contribution in [3.63, 3.8) is 0 Å². The zero-order valence-corrected chi connectivity index (χ0v) is 32.3. The van der Waals surface area contributed by atoms with Gasteiger partial charge in [0.1, 0.15) is 35.4 Å². The summed E-state index contributed by atoms with van der Waals surface area (Å²) in [5, 5.41) is 9.32. The van der Waals surface area contributed by atoms with Crippen LogP contribution in [0.1, 0.15) is 63.6 Å². The number of hydrogen-bond acceptors (Lipinski definition) is 10. The van der Waals surface area contributed by atoms with E-state index in [1.165, 1.54) is 0 Å². The van der Waals surface area contributed by atoms with Crippen molar-refractivity contribution in [1.29, 1.82) is 5.26 Å². The molecule has 0 aliphatic carbocycles. The summed E-state index contributed by atoms with van der Waals surface area (Å²) in [4.78, 5) is 0. The van der Waals surface area contributed by atoms with Gasteiger partial charge in [0.05, 0.1) is 39.9 Å². The predicted molar refractivity (Wildman–Crippen MR) is 202 cm³/mol. The Kier molecular flexibility index (Phi) is 16.4. The maximum Gasteiger partial charge on any atom is 0.259 e. The van der Waals surface area contributed by atoms with Crippen LogP contribution in [0.5, 0.6) is 11.5 Å². The minimum atomic E-state index is -1.66. The molecule has 1 aliphatic rings. The molecule has 0 amide bonds. The Morgan fingerprint density at radius 2 is 1.38 bits per heavy atom. The first-order valence-corrected chi connectivity index (χ1v) is 18.8. The normalized spacial score (nSPS) is 19.5. The number of benzene rings is 3. The van der Waals surface area contributed by atoms with Crippen LogP contribution in [0.4, 0.5) is 0 Å². The van der Waals surface area contributed by atoms with Gasteiger partial charge in [0.2, 0.25) is 0 Å². The Hall–Kier alpha value is -3.54. The fourth-order valence-electron chi connectivity index (χ4n) is 6.39. The Bertz CT molecular complexity index is 1500. The monoisotopic (exact) mass is 732 g/mol. The Balaban J connectivity index is 1.81. The summed E-state index contributed by atoms with van der Waals surface area (Å²) in [6, 6.07) is 28.2. The topological polar surface area (TPSA) is 101 Å². The second-order valence-corrected chi connectivity index (χ2v) is 14.3. The summed E-state index contributed by atoms with van der Waals surface area (Å²) < 4.78 is 52.7. The van der Waals surface area contributed by atoms with Crippen LogP contribution in [-0.2, 0) is 33.6 Å². The van der Waals surface area contributed by atoms with Crippen molar-refractivity contribution >= 4 is 8.53 Å². The van der Waals surface area contributed by atoms with Gasteiger partial charge in [-0.3, -0.25) is 0 Å². The van der Waals surface area contributed by atoms with Gasteiger partial charge in [0.15, 0.2) is 6.29 Å². The van der Waals surface area contributed by atoms with E-state index in [1.807, 2.05) is 66.7 Å². The number of terminal acetylenes is 1. The molecule has 10 nitrogen and oxygen atoms in total. The van der Waals surface area contributed by atoms with Gasteiger partial charge in [-0.2, -0.15) is 5.26 Å². The fraction of sp³-hybridized carbons (Fsp3) is 0.488. The second-order valence-electron chi connectivity index (χ2n) is 12.9. The summed E-state index contributed by atoms with van der Waals surface area (Å²) in [7, 11) is 3.23. The smallest absolute Gasteiger partial charge is 0.259 e. The highest BCUT2D eigenvalue weighted by molar-refractivity contribution is 7.44. The first kappa shape index (κ1) is 41.2. The number of nitriles is 1. The molecular formula is C41H53N2O8P. The lowest BCUT2D eigenvalue weighted by atomic mass is 9.80. The molecule has 0 spiro atoms. The van der Waals surface area contributed by atoms with E-state index in [-0.39, 0.29) is 31.7 Å². The minimum Gasteiger partial charge on any atom is -0.497 e. The van der Waals surface area contributed by atoms with Crippen LogP contribution in [-0.4, -0.2) is 82.5 Å². The Morgan fingerprint density at radius 1 is 0.808 bits per heavy atom. The molecule has 4 rings (SSSR count). The van der Waals surface area contributed by atoms with Crippen molar-refractivity contribution in [2.45, 2.75) is 89.2 Å². The van der Waals surface area contributed by atoms with Crippen LogP contribution in [0.15, 0.2) is 78.9 Å². The molecule has 1 unspecified atom stereocenters. The standard InChI is InChI=1S/C41H53N2O8P/c1-9-10-14-27-47-39-38(51-52(49-28-15-26-42)43(30(2)3)31(4)5)37(50-40(39)46-8)29-48-41(32-16-12-11-13-17-32,33-18-22-35(44-6)23-19-33)34-20-24-36(45-7)25-21-34/h1,11-13,16-25,30-31,37-40H,10,14-15,27-29H2,2-8H3/t37-,38-,39-,40-,52?/m0/s1. The van der Waals surface area contributed by atoms with Crippen molar-refractivity contribution in [3.8, 4) is 29.9 Å². The molecule has 1 aliphatic heterocycles. The molecule has 3 aromatic carbocycles. The van der Waals surface area contributed by atoms with Crippen LogP contribution < -0.4 is 9.47 Å². The van der Waals surface area contributed by atoms with Gasteiger partial charge in [-0.05, 0) is 75.1 Å². The van der Waals surface area contributed by atoms with Crippen molar-refractivity contribution in [3.05, 3.63) is 95.6 Å². The van der Waals surface area contributed by atoms with Crippen LogP contribution in [0.25, 0.3) is 0 Å². The van der Waals surface area contributed by atoms with E-state index in [9.17, 15) is 5.26 Å². The van der Waals surface area contributed by atoms with Crippen molar-refractivity contribution < 1.29 is 37.5 Å². The molecule has 0 bridgehead atoms. The largest absolute Gasteiger partial charge is 0.497 e. The number of unbranched alkanes of at least 4 members (excludes halogenated alkanes) is 1. The zero-order chi connectivity index (χ0) is 37.5. The quantitative estimate of drug-likeness (QED) is 0.0466. The summed E-state index contributed by atoms with van der Waals surface area (Å²) in [5.41, 5.74) is 1.61. The number of hydrogen-bond donors (Lipinski definition) is 0. The summed E-state index contributed by atoms with van der Waals surface area (Å²) in [6.45, 7) is 9.10. The molecule has 0 N–H and O–H groups in total. The van der Waals surface area contributed by atoms with E-state index in [0.717, 1.165) is 28.2 Å². The van der Waals surface area contributed by atoms with Crippen LogP contribution >= 0.6 is 8.53 Å². The van der Waals surface area contributed by atoms with Crippen LogP contribution in [0.2, 0.25) is 0 Å². The lowest BCUT2D eigenvalue weighted by Gasteiger charge is -2.39. The molecule has 3 aromatic rings. The average molecular weight is 733 g/mol. The number of rotatable bonds is 21. The highest BCUT2D eigenvalue weighted by Crippen LogP contribution is 2.50. The molecular weight excluding hydrogens is 679 g/mol. The predicted octanol–water partition coefficient (Wildman–Crippen LogP) is 7.84. The molecule has 11 heteroatoms. The van der Waals surface area contributed by atoms with Gasteiger partial charge in [-0.25, -0.2) is 4.67 Å². The van der Waals surface area contributed by atoms with Crippen molar-refractivity contribution in [2.24, 2.45) is 0 Å². The Morgan fingerprint density at radius 3 is 1.88 bits per heavy atom. The lowest BCUT2D eigenvalue weighted by Crippen LogP contribution is -2.43. The lowest BCUT2D eigenvalue weighted by molar-refractivity contribution is -0.171. The number of methoxy groups -OCH3 is 3. The minimum absolute atomic E-state index is 0.0897. The maximum atomic E-state index is 9.32. The third-order valence-electron chi connectivity index (χ3n) is 8.79. The van der Waals surface area contributed by atoms with Gasteiger partial charge in [-0.15, -0.1) is 12.3 Å². The number of nitrogens with zero attached hydrogens (tertiary/aromatic N) is 2. The zero-order valence-electron chi connectivity index (χ0n) is 31.4. The van der Waals surface area contributed by atoms with Crippen LogP contribution in [0, 0.1) is 23.7 Å². The van der Waals surface area contributed by atoms with Crippen molar-refractivity contribution in [2.75, 3.05) is 41.2 Å². The van der Waals surface area contributed by atoms with E-state index in [4.69, 9.17) is 43.9 Å². The van der Waals surface area contributed by atoms with Gasteiger partial charge >= 0.3 is 0 Å².